The maximum absolute atomic E-state index is 5.08. The van der Waals surface area contributed by atoms with Crippen LogP contribution in [0.4, 0.5) is 11.5 Å². The number of anilines is 2. The Kier molecular flexibility index (Phi) is 5.25. The van der Waals surface area contributed by atoms with Gasteiger partial charge in [0.2, 0.25) is 0 Å². The number of fused-ring (bicyclic) bond motifs is 5. The van der Waals surface area contributed by atoms with E-state index in [2.05, 4.69) is 119 Å². The Morgan fingerprint density at radius 2 is 1.32 bits per heavy atom. The van der Waals surface area contributed by atoms with Gasteiger partial charge < -0.3 is 4.90 Å². The van der Waals surface area contributed by atoms with Gasteiger partial charge in [0.1, 0.15) is 5.82 Å². The van der Waals surface area contributed by atoms with Crippen molar-refractivity contribution in [3.05, 3.63) is 145 Å². The Morgan fingerprint density at radius 1 is 0.595 bits per heavy atom. The van der Waals surface area contributed by atoms with Gasteiger partial charge in [0.15, 0.2) is 5.82 Å². The number of benzene rings is 4. The van der Waals surface area contributed by atoms with Gasteiger partial charge in [-0.05, 0) is 40.5 Å². The Balaban J connectivity index is 1.43. The van der Waals surface area contributed by atoms with E-state index in [0.717, 1.165) is 22.9 Å². The van der Waals surface area contributed by atoms with Crippen molar-refractivity contribution in [2.75, 3.05) is 4.90 Å². The lowest BCUT2D eigenvalue weighted by Gasteiger charge is -2.35. The molecule has 176 valence electrons. The smallest absolute Gasteiger partial charge is 0.161 e. The topological polar surface area (TPSA) is 29.0 Å². The molecular weight excluding hydrogens is 450 g/mol. The maximum atomic E-state index is 5.08. The molecule has 0 saturated heterocycles. The standard InChI is InChI=1S/C34H25N3/c1-3-11-24(12-4-1)26-19-20-27-28-15-7-9-17-31(28)37(32-18-10-8-16-29(32)30(27)23-26)33-21-22-35-34(36-33)25-13-5-2-6-14-25/h1-23,29,32H. The van der Waals surface area contributed by atoms with Crippen molar-refractivity contribution >= 4 is 11.5 Å². The van der Waals surface area contributed by atoms with E-state index in [1.807, 2.05) is 30.5 Å². The minimum absolute atomic E-state index is 0.0805. The fraction of sp³-hybridized carbons (Fsp3) is 0.0588. The van der Waals surface area contributed by atoms with Crippen molar-refractivity contribution in [2.45, 2.75) is 12.0 Å². The third-order valence-corrected chi connectivity index (χ3v) is 7.30. The molecule has 0 spiro atoms. The lowest BCUT2D eigenvalue weighted by Crippen LogP contribution is -2.35. The summed E-state index contributed by atoms with van der Waals surface area (Å²) in [5.41, 5.74) is 8.45. The van der Waals surface area contributed by atoms with Gasteiger partial charge in [-0.15, -0.1) is 0 Å². The highest BCUT2D eigenvalue weighted by molar-refractivity contribution is 5.88. The van der Waals surface area contributed by atoms with Crippen LogP contribution in [-0.4, -0.2) is 16.0 Å². The van der Waals surface area contributed by atoms with Gasteiger partial charge in [0.05, 0.1) is 11.7 Å². The summed E-state index contributed by atoms with van der Waals surface area (Å²) < 4.78 is 0. The van der Waals surface area contributed by atoms with Crippen LogP contribution in [0.3, 0.4) is 0 Å². The first-order chi connectivity index (χ1) is 18.4. The predicted molar refractivity (Wildman–Crippen MR) is 152 cm³/mol. The van der Waals surface area contributed by atoms with Crippen molar-refractivity contribution in [1.29, 1.82) is 0 Å². The van der Waals surface area contributed by atoms with Crippen LogP contribution in [-0.2, 0) is 0 Å². The molecule has 2 atom stereocenters. The molecule has 4 aromatic carbocycles. The number of nitrogens with zero attached hydrogens (tertiary/aromatic N) is 3. The Bertz CT molecular complexity index is 1640. The molecule has 1 aliphatic heterocycles. The van der Waals surface area contributed by atoms with Gasteiger partial charge in [-0.1, -0.05) is 115 Å². The molecule has 3 nitrogen and oxygen atoms in total. The van der Waals surface area contributed by atoms with Crippen LogP contribution in [0.25, 0.3) is 33.6 Å². The molecule has 2 aliphatic rings. The molecule has 2 unspecified atom stereocenters. The van der Waals surface area contributed by atoms with Crippen molar-refractivity contribution in [3.63, 3.8) is 0 Å². The molecular formula is C34H25N3. The van der Waals surface area contributed by atoms with Crippen molar-refractivity contribution in [2.24, 2.45) is 0 Å². The molecule has 0 N–H and O–H groups in total. The summed E-state index contributed by atoms with van der Waals surface area (Å²) in [5.74, 6) is 1.80. The van der Waals surface area contributed by atoms with Crippen molar-refractivity contribution in [1.82, 2.24) is 9.97 Å². The highest BCUT2D eigenvalue weighted by atomic mass is 15.2. The number of allylic oxidation sites excluding steroid dienone is 2. The van der Waals surface area contributed by atoms with Crippen LogP contribution in [0, 0.1) is 0 Å². The largest absolute Gasteiger partial charge is 0.318 e. The van der Waals surface area contributed by atoms with E-state index in [-0.39, 0.29) is 12.0 Å². The third kappa shape index (κ3) is 3.76. The molecule has 0 saturated carbocycles. The second-order valence-electron chi connectivity index (χ2n) is 9.45. The van der Waals surface area contributed by atoms with Gasteiger partial charge in [0.25, 0.3) is 0 Å². The summed E-state index contributed by atoms with van der Waals surface area (Å²) in [4.78, 5) is 12.1. The monoisotopic (exact) mass is 475 g/mol. The quantitative estimate of drug-likeness (QED) is 0.263. The molecule has 0 radical (unpaired) electrons. The van der Waals surface area contributed by atoms with E-state index in [1.54, 1.807) is 0 Å². The predicted octanol–water partition coefficient (Wildman–Crippen LogP) is 8.21. The number of aromatic nitrogens is 2. The highest BCUT2D eigenvalue weighted by Gasteiger charge is 2.35. The second kappa shape index (κ2) is 9.03. The molecule has 2 heterocycles. The Morgan fingerprint density at radius 3 is 2.16 bits per heavy atom. The number of hydrogen-bond acceptors (Lipinski definition) is 3. The molecule has 5 aromatic rings. The molecule has 1 aromatic heterocycles. The average molecular weight is 476 g/mol. The SMILES string of the molecule is C1=CC2c3cc(-c4ccccc4)ccc3-c3ccccc3N(c3ccnc(-c4ccccc4)n3)C2C=C1. The van der Waals surface area contributed by atoms with Crippen LogP contribution in [0.2, 0.25) is 0 Å². The van der Waals surface area contributed by atoms with E-state index >= 15 is 0 Å². The van der Waals surface area contributed by atoms with Gasteiger partial charge >= 0.3 is 0 Å². The fourth-order valence-corrected chi connectivity index (χ4v) is 5.58. The van der Waals surface area contributed by atoms with Gasteiger partial charge in [-0.3, -0.25) is 0 Å². The zero-order chi connectivity index (χ0) is 24.6. The number of para-hydroxylation sites is 1. The maximum Gasteiger partial charge on any atom is 0.161 e. The van der Waals surface area contributed by atoms with Crippen molar-refractivity contribution in [3.8, 4) is 33.6 Å². The Hall–Kier alpha value is -4.76. The summed E-state index contributed by atoms with van der Waals surface area (Å²) in [6, 6.07) is 38.5. The summed E-state index contributed by atoms with van der Waals surface area (Å²) in [6.07, 6.45) is 10.8. The molecule has 0 bridgehead atoms. The third-order valence-electron chi connectivity index (χ3n) is 7.30. The lowest BCUT2D eigenvalue weighted by atomic mass is 9.83. The molecule has 0 fully saturated rings. The minimum atomic E-state index is 0.0805. The van der Waals surface area contributed by atoms with Crippen LogP contribution in [0.1, 0.15) is 11.5 Å². The number of hydrogen-bond donors (Lipinski definition) is 0. The van der Waals surface area contributed by atoms with Crippen LogP contribution in [0.15, 0.2) is 140 Å². The van der Waals surface area contributed by atoms with E-state index in [0.29, 0.717) is 0 Å². The van der Waals surface area contributed by atoms with Gasteiger partial charge in [0, 0.05) is 23.2 Å². The lowest BCUT2D eigenvalue weighted by molar-refractivity contribution is 0.691. The fourth-order valence-electron chi connectivity index (χ4n) is 5.58. The van der Waals surface area contributed by atoms with Crippen LogP contribution in [0.5, 0.6) is 0 Å². The number of rotatable bonds is 3. The first-order valence-electron chi connectivity index (χ1n) is 12.7. The summed E-state index contributed by atoms with van der Waals surface area (Å²) in [5, 5.41) is 0. The zero-order valence-electron chi connectivity index (χ0n) is 20.3. The molecule has 1 aliphatic carbocycles. The summed E-state index contributed by atoms with van der Waals surface area (Å²) in [7, 11) is 0. The molecule has 37 heavy (non-hydrogen) atoms. The zero-order valence-corrected chi connectivity index (χ0v) is 20.3. The molecule has 7 rings (SSSR count). The van der Waals surface area contributed by atoms with Crippen molar-refractivity contribution < 1.29 is 0 Å². The second-order valence-corrected chi connectivity index (χ2v) is 9.45. The molecule has 3 heteroatoms. The summed E-state index contributed by atoms with van der Waals surface area (Å²) in [6.45, 7) is 0. The normalized spacial score (nSPS) is 17.5. The minimum Gasteiger partial charge on any atom is -0.318 e. The van der Waals surface area contributed by atoms with Crippen LogP contribution < -0.4 is 4.90 Å². The van der Waals surface area contributed by atoms with Gasteiger partial charge in [-0.2, -0.15) is 0 Å². The van der Waals surface area contributed by atoms with Crippen LogP contribution >= 0.6 is 0 Å². The van der Waals surface area contributed by atoms with E-state index in [9.17, 15) is 0 Å². The summed E-state index contributed by atoms with van der Waals surface area (Å²) >= 11 is 0. The highest BCUT2D eigenvalue weighted by Crippen LogP contribution is 2.48. The van der Waals surface area contributed by atoms with E-state index in [4.69, 9.17) is 4.98 Å². The van der Waals surface area contributed by atoms with E-state index < -0.39 is 0 Å². The Labute approximate surface area is 217 Å². The molecule has 0 amide bonds. The average Bonchev–Trinajstić information content (AvgIpc) is 3.10. The van der Waals surface area contributed by atoms with Gasteiger partial charge in [-0.25, -0.2) is 9.97 Å². The van der Waals surface area contributed by atoms with E-state index in [1.165, 1.54) is 27.8 Å². The first-order valence-corrected chi connectivity index (χ1v) is 12.7. The first kappa shape index (κ1) is 21.5.